The van der Waals surface area contributed by atoms with E-state index in [0.717, 1.165) is 6.07 Å². The molecule has 0 saturated carbocycles. The van der Waals surface area contributed by atoms with Gasteiger partial charge in [-0.1, -0.05) is 29.8 Å². The third-order valence-electron chi connectivity index (χ3n) is 3.04. The van der Waals surface area contributed by atoms with Crippen LogP contribution in [0.4, 0.5) is 13.2 Å². The van der Waals surface area contributed by atoms with Crippen molar-refractivity contribution in [1.82, 2.24) is 15.0 Å². The van der Waals surface area contributed by atoms with Gasteiger partial charge in [-0.05, 0) is 18.2 Å². The van der Waals surface area contributed by atoms with Crippen molar-refractivity contribution in [2.75, 3.05) is 0 Å². The van der Waals surface area contributed by atoms with Crippen molar-refractivity contribution < 1.29 is 13.2 Å². The van der Waals surface area contributed by atoms with Crippen molar-refractivity contribution in [2.45, 2.75) is 6.18 Å². The Labute approximate surface area is 128 Å². The molecule has 3 rings (SSSR count). The summed E-state index contributed by atoms with van der Waals surface area (Å²) in [5.41, 5.74) is 0.173. The summed E-state index contributed by atoms with van der Waals surface area (Å²) in [5.74, 6) is -0.0648. The summed E-state index contributed by atoms with van der Waals surface area (Å²) in [6.07, 6.45) is -2.80. The number of rotatable bonds is 2. The first-order valence-electron chi connectivity index (χ1n) is 6.30. The van der Waals surface area contributed by atoms with Crippen molar-refractivity contribution >= 4 is 11.6 Å². The molecule has 0 unspecified atom stereocenters. The van der Waals surface area contributed by atoms with Gasteiger partial charge in [0.1, 0.15) is 5.15 Å². The predicted octanol–water partition coefficient (Wildman–Crippen LogP) is 4.81. The Hall–Kier alpha value is -2.34. The van der Waals surface area contributed by atoms with Gasteiger partial charge in [-0.2, -0.15) is 13.2 Å². The molecule has 3 nitrogen and oxygen atoms in total. The van der Waals surface area contributed by atoms with Crippen molar-refractivity contribution in [2.24, 2.45) is 0 Å². The number of hydrogen-bond donors (Lipinski definition) is 1. The quantitative estimate of drug-likeness (QED) is 0.687. The average molecular weight is 324 g/mol. The molecule has 0 aliphatic carbocycles. The van der Waals surface area contributed by atoms with Gasteiger partial charge in [-0.3, -0.25) is 0 Å². The summed E-state index contributed by atoms with van der Waals surface area (Å²) >= 11 is 5.94. The molecule has 7 heteroatoms. The monoisotopic (exact) mass is 323 g/mol. The van der Waals surface area contributed by atoms with Crippen molar-refractivity contribution in [1.29, 1.82) is 0 Å². The molecule has 0 aliphatic heterocycles. The topological polar surface area (TPSA) is 41.6 Å². The zero-order valence-electron chi connectivity index (χ0n) is 11.0. The van der Waals surface area contributed by atoms with E-state index in [1.54, 1.807) is 18.3 Å². The first-order valence-corrected chi connectivity index (χ1v) is 6.68. The third kappa shape index (κ3) is 2.82. The minimum atomic E-state index is -4.49. The fraction of sp³-hybridized carbons (Fsp3) is 0.0667. The highest BCUT2D eigenvalue weighted by atomic mass is 35.5. The van der Waals surface area contributed by atoms with E-state index in [4.69, 9.17) is 11.6 Å². The lowest BCUT2D eigenvalue weighted by Gasteiger charge is -2.12. The first kappa shape index (κ1) is 14.6. The van der Waals surface area contributed by atoms with Gasteiger partial charge in [0.15, 0.2) is 5.82 Å². The highest BCUT2D eigenvalue weighted by molar-refractivity contribution is 6.29. The number of hydrogen-bond acceptors (Lipinski definition) is 2. The first-order chi connectivity index (χ1) is 10.4. The third-order valence-corrected chi connectivity index (χ3v) is 3.24. The Kier molecular flexibility index (Phi) is 3.62. The number of nitrogens with one attached hydrogen (secondary N) is 1. The van der Waals surface area contributed by atoms with E-state index in [0.29, 0.717) is 11.4 Å². The summed E-state index contributed by atoms with van der Waals surface area (Å²) in [7, 11) is 0. The minimum absolute atomic E-state index is 0.0648. The fourth-order valence-corrected chi connectivity index (χ4v) is 2.27. The molecular formula is C15H9ClF3N3. The second kappa shape index (κ2) is 5.46. The summed E-state index contributed by atoms with van der Waals surface area (Å²) in [4.78, 5) is 11.1. The van der Waals surface area contributed by atoms with Gasteiger partial charge in [0, 0.05) is 17.8 Å². The second-order valence-corrected chi connectivity index (χ2v) is 4.91. The van der Waals surface area contributed by atoms with Crippen LogP contribution in [-0.4, -0.2) is 15.0 Å². The standard InChI is InChI=1S/C15H9ClF3N3/c16-13-8-12(11-6-3-7-20-11)21-14(22-13)9-4-1-2-5-10(9)15(17,18)19/h1-8,20H. The van der Waals surface area contributed by atoms with Gasteiger partial charge >= 0.3 is 6.18 Å². The number of benzene rings is 1. The van der Waals surface area contributed by atoms with Gasteiger partial charge in [-0.15, -0.1) is 0 Å². The van der Waals surface area contributed by atoms with Crippen molar-refractivity contribution in [3.05, 3.63) is 59.4 Å². The molecular weight excluding hydrogens is 315 g/mol. The maximum atomic E-state index is 13.1. The molecule has 0 atom stereocenters. The fourth-order valence-electron chi connectivity index (χ4n) is 2.09. The maximum Gasteiger partial charge on any atom is 0.417 e. The van der Waals surface area contributed by atoms with E-state index in [1.807, 2.05) is 0 Å². The number of halogens is 4. The highest BCUT2D eigenvalue weighted by Crippen LogP contribution is 2.36. The zero-order valence-corrected chi connectivity index (χ0v) is 11.8. The Morgan fingerprint density at radius 3 is 2.45 bits per heavy atom. The smallest absolute Gasteiger partial charge is 0.360 e. The molecule has 2 aromatic heterocycles. The minimum Gasteiger partial charge on any atom is -0.360 e. The summed E-state index contributed by atoms with van der Waals surface area (Å²) < 4.78 is 39.3. The van der Waals surface area contributed by atoms with Gasteiger partial charge in [0.2, 0.25) is 0 Å². The van der Waals surface area contributed by atoms with Crippen LogP contribution in [0.3, 0.4) is 0 Å². The number of H-pyrrole nitrogens is 1. The maximum absolute atomic E-state index is 13.1. The van der Waals surface area contributed by atoms with Gasteiger partial charge in [0.05, 0.1) is 17.0 Å². The molecule has 0 saturated heterocycles. The van der Waals surface area contributed by atoms with Crippen LogP contribution in [0.2, 0.25) is 5.15 Å². The molecule has 22 heavy (non-hydrogen) atoms. The van der Waals surface area contributed by atoms with E-state index in [-0.39, 0.29) is 16.5 Å². The summed E-state index contributed by atoms with van der Waals surface area (Å²) in [6.45, 7) is 0. The van der Waals surface area contributed by atoms with E-state index < -0.39 is 11.7 Å². The molecule has 2 heterocycles. The number of alkyl halides is 3. The van der Waals surface area contributed by atoms with Crippen LogP contribution in [0, 0.1) is 0 Å². The lowest BCUT2D eigenvalue weighted by atomic mass is 10.1. The second-order valence-electron chi connectivity index (χ2n) is 4.53. The molecule has 0 bridgehead atoms. The lowest BCUT2D eigenvalue weighted by molar-refractivity contribution is -0.137. The molecule has 0 aliphatic rings. The Balaban J connectivity index is 2.18. The normalized spacial score (nSPS) is 11.6. The van der Waals surface area contributed by atoms with Crippen LogP contribution >= 0.6 is 11.6 Å². The number of aromatic amines is 1. The molecule has 3 aromatic rings. The largest absolute Gasteiger partial charge is 0.417 e. The van der Waals surface area contributed by atoms with Crippen LogP contribution in [0.25, 0.3) is 22.8 Å². The van der Waals surface area contributed by atoms with Gasteiger partial charge < -0.3 is 4.98 Å². The average Bonchev–Trinajstić information content (AvgIpc) is 3.00. The highest BCUT2D eigenvalue weighted by Gasteiger charge is 2.34. The Bertz CT molecular complexity index is 798. The molecule has 112 valence electrons. The van der Waals surface area contributed by atoms with Crippen LogP contribution in [-0.2, 0) is 6.18 Å². The van der Waals surface area contributed by atoms with Gasteiger partial charge in [-0.25, -0.2) is 9.97 Å². The Morgan fingerprint density at radius 1 is 1.00 bits per heavy atom. The van der Waals surface area contributed by atoms with Crippen LogP contribution < -0.4 is 0 Å². The predicted molar refractivity (Wildman–Crippen MR) is 77.3 cm³/mol. The lowest BCUT2D eigenvalue weighted by Crippen LogP contribution is -2.08. The zero-order chi connectivity index (χ0) is 15.7. The molecule has 1 N–H and O–H groups in total. The number of aromatic nitrogens is 3. The van der Waals surface area contributed by atoms with E-state index in [9.17, 15) is 13.2 Å². The molecule has 1 aromatic carbocycles. The molecule has 0 radical (unpaired) electrons. The Morgan fingerprint density at radius 2 is 1.77 bits per heavy atom. The van der Waals surface area contributed by atoms with E-state index in [2.05, 4.69) is 15.0 Å². The van der Waals surface area contributed by atoms with Crippen LogP contribution in [0.15, 0.2) is 48.7 Å². The molecule has 0 spiro atoms. The van der Waals surface area contributed by atoms with E-state index >= 15 is 0 Å². The van der Waals surface area contributed by atoms with Crippen LogP contribution in [0.5, 0.6) is 0 Å². The van der Waals surface area contributed by atoms with Gasteiger partial charge in [0.25, 0.3) is 0 Å². The van der Waals surface area contributed by atoms with Crippen molar-refractivity contribution in [3.63, 3.8) is 0 Å². The SMILES string of the molecule is FC(F)(F)c1ccccc1-c1nc(Cl)cc(-c2ccc[nH]2)n1. The van der Waals surface area contributed by atoms with Crippen molar-refractivity contribution in [3.8, 4) is 22.8 Å². The van der Waals surface area contributed by atoms with E-state index in [1.165, 1.54) is 24.3 Å². The molecule has 0 fully saturated rings. The molecule has 0 amide bonds. The summed E-state index contributed by atoms with van der Waals surface area (Å²) in [6, 6.07) is 10.1. The number of nitrogens with zero attached hydrogens (tertiary/aromatic N) is 2. The van der Waals surface area contributed by atoms with Crippen LogP contribution in [0.1, 0.15) is 5.56 Å². The summed E-state index contributed by atoms with van der Waals surface area (Å²) in [5, 5.41) is 0.0755.